The number of pyridine rings is 1. The standard InChI is InChI=1S/C9H9NO5S/c11-9(12)6-3-8-7(10-4-6)5-15-1-2-16(8,13)14/h3-4H,1-2,5H2,(H,11,12). The van der Waals surface area contributed by atoms with Crippen LogP contribution in [0.4, 0.5) is 0 Å². The number of fused-ring (bicyclic) bond motifs is 1. The van der Waals surface area contributed by atoms with Gasteiger partial charge in [-0.2, -0.15) is 0 Å². The van der Waals surface area contributed by atoms with E-state index in [-0.39, 0.29) is 35.1 Å². The van der Waals surface area contributed by atoms with Crippen molar-refractivity contribution in [1.29, 1.82) is 0 Å². The molecule has 0 bridgehead atoms. The van der Waals surface area contributed by atoms with Crippen LogP contribution in [0.5, 0.6) is 0 Å². The summed E-state index contributed by atoms with van der Waals surface area (Å²) in [6.45, 7) is 0.190. The molecular weight excluding hydrogens is 234 g/mol. The van der Waals surface area contributed by atoms with Gasteiger partial charge in [-0.15, -0.1) is 0 Å². The molecule has 1 aliphatic rings. The molecule has 6 nitrogen and oxygen atoms in total. The molecule has 2 rings (SSSR count). The van der Waals surface area contributed by atoms with Gasteiger partial charge in [0.05, 0.1) is 35.1 Å². The van der Waals surface area contributed by atoms with Gasteiger partial charge in [0, 0.05) is 6.20 Å². The van der Waals surface area contributed by atoms with Gasteiger partial charge >= 0.3 is 5.97 Å². The Hall–Kier alpha value is -1.47. The van der Waals surface area contributed by atoms with Crippen molar-refractivity contribution in [3.05, 3.63) is 23.5 Å². The SMILES string of the molecule is O=C(O)c1cnc2c(c1)S(=O)(=O)CCOC2. The predicted molar refractivity (Wildman–Crippen MR) is 52.9 cm³/mol. The zero-order valence-electron chi connectivity index (χ0n) is 8.21. The first kappa shape index (κ1) is 11.0. The molecule has 1 N–H and O–H groups in total. The second kappa shape index (κ2) is 3.84. The van der Waals surface area contributed by atoms with E-state index in [0.717, 1.165) is 12.3 Å². The molecule has 0 aliphatic carbocycles. The summed E-state index contributed by atoms with van der Waals surface area (Å²) in [7, 11) is -3.49. The van der Waals surface area contributed by atoms with Crippen LogP contribution in [0.15, 0.2) is 17.2 Å². The number of carbonyl (C=O) groups is 1. The van der Waals surface area contributed by atoms with E-state index in [2.05, 4.69) is 4.98 Å². The molecule has 0 saturated carbocycles. The maximum Gasteiger partial charge on any atom is 0.337 e. The molecule has 0 unspecified atom stereocenters. The van der Waals surface area contributed by atoms with Crippen LogP contribution in [-0.2, 0) is 21.2 Å². The molecule has 2 heterocycles. The number of aromatic nitrogens is 1. The largest absolute Gasteiger partial charge is 0.478 e. The summed E-state index contributed by atoms with van der Waals surface area (Å²) in [5.41, 5.74) is 0.131. The molecule has 1 aromatic rings. The van der Waals surface area contributed by atoms with Crippen molar-refractivity contribution in [1.82, 2.24) is 4.98 Å². The Labute approximate surface area is 91.8 Å². The Morgan fingerprint density at radius 1 is 1.50 bits per heavy atom. The van der Waals surface area contributed by atoms with Crippen LogP contribution in [0.3, 0.4) is 0 Å². The van der Waals surface area contributed by atoms with Crippen molar-refractivity contribution in [2.45, 2.75) is 11.5 Å². The fraction of sp³-hybridized carbons (Fsp3) is 0.333. The van der Waals surface area contributed by atoms with E-state index in [1.807, 2.05) is 0 Å². The number of carboxylic acids is 1. The van der Waals surface area contributed by atoms with Crippen LogP contribution < -0.4 is 0 Å². The van der Waals surface area contributed by atoms with E-state index in [9.17, 15) is 13.2 Å². The van der Waals surface area contributed by atoms with Gasteiger partial charge in [0.25, 0.3) is 0 Å². The lowest BCUT2D eigenvalue weighted by Gasteiger charge is -2.04. The summed E-state index contributed by atoms with van der Waals surface area (Å²) >= 11 is 0. The van der Waals surface area contributed by atoms with Crippen molar-refractivity contribution in [2.75, 3.05) is 12.4 Å². The van der Waals surface area contributed by atoms with Crippen molar-refractivity contribution < 1.29 is 23.1 Å². The van der Waals surface area contributed by atoms with Gasteiger partial charge < -0.3 is 9.84 Å². The normalized spacial score (nSPS) is 18.5. The van der Waals surface area contributed by atoms with Gasteiger partial charge in [-0.05, 0) is 6.07 Å². The molecule has 0 aromatic carbocycles. The number of sulfone groups is 1. The first-order valence-electron chi connectivity index (χ1n) is 4.53. The fourth-order valence-corrected chi connectivity index (χ4v) is 2.75. The first-order valence-corrected chi connectivity index (χ1v) is 6.18. The highest BCUT2D eigenvalue weighted by atomic mass is 32.2. The smallest absolute Gasteiger partial charge is 0.337 e. The Balaban J connectivity index is 2.62. The fourth-order valence-electron chi connectivity index (χ4n) is 1.41. The number of ether oxygens (including phenoxy) is 1. The van der Waals surface area contributed by atoms with E-state index in [1.54, 1.807) is 0 Å². The quantitative estimate of drug-likeness (QED) is 0.751. The van der Waals surface area contributed by atoms with Gasteiger partial charge in [-0.25, -0.2) is 13.2 Å². The maximum absolute atomic E-state index is 11.8. The van der Waals surface area contributed by atoms with Crippen LogP contribution >= 0.6 is 0 Å². The summed E-state index contributed by atoms with van der Waals surface area (Å²) < 4.78 is 28.6. The Morgan fingerprint density at radius 3 is 2.94 bits per heavy atom. The van der Waals surface area contributed by atoms with Gasteiger partial charge in [-0.1, -0.05) is 0 Å². The van der Waals surface area contributed by atoms with Crippen LogP contribution in [0.25, 0.3) is 0 Å². The number of rotatable bonds is 1. The molecule has 1 aliphatic heterocycles. The van der Waals surface area contributed by atoms with E-state index in [4.69, 9.17) is 9.84 Å². The molecule has 0 amide bonds. The van der Waals surface area contributed by atoms with Crippen LogP contribution in [0.2, 0.25) is 0 Å². The van der Waals surface area contributed by atoms with Crippen molar-refractivity contribution >= 4 is 15.8 Å². The highest BCUT2D eigenvalue weighted by Crippen LogP contribution is 2.20. The average molecular weight is 243 g/mol. The molecule has 0 atom stereocenters. The third kappa shape index (κ3) is 1.91. The van der Waals surface area contributed by atoms with E-state index in [0.29, 0.717) is 0 Å². The highest BCUT2D eigenvalue weighted by molar-refractivity contribution is 7.91. The lowest BCUT2D eigenvalue weighted by molar-refractivity contribution is 0.0695. The van der Waals surface area contributed by atoms with Crippen LogP contribution in [-0.4, -0.2) is 36.8 Å². The molecule has 16 heavy (non-hydrogen) atoms. The van der Waals surface area contributed by atoms with Crippen LogP contribution in [0.1, 0.15) is 16.1 Å². The number of nitrogens with zero attached hydrogens (tertiary/aromatic N) is 1. The topological polar surface area (TPSA) is 93.6 Å². The van der Waals surface area contributed by atoms with E-state index in [1.165, 1.54) is 0 Å². The van der Waals surface area contributed by atoms with Gasteiger partial charge in [-0.3, -0.25) is 4.98 Å². The molecule has 86 valence electrons. The predicted octanol–water partition coefficient (Wildman–Crippen LogP) is 0.0837. The second-order valence-corrected chi connectivity index (χ2v) is 5.42. The zero-order chi connectivity index (χ0) is 11.8. The minimum atomic E-state index is -3.49. The van der Waals surface area contributed by atoms with Gasteiger partial charge in [0.1, 0.15) is 0 Å². The first-order chi connectivity index (χ1) is 7.50. The number of carboxylic acid groups (broad SMARTS) is 1. The molecular formula is C9H9NO5S. The minimum Gasteiger partial charge on any atom is -0.478 e. The van der Waals surface area contributed by atoms with Crippen molar-refractivity contribution in [2.24, 2.45) is 0 Å². The maximum atomic E-state index is 11.8. The number of hydrogen-bond acceptors (Lipinski definition) is 5. The van der Waals surface area contributed by atoms with E-state index >= 15 is 0 Å². The molecule has 0 fully saturated rings. The Morgan fingerprint density at radius 2 is 2.25 bits per heavy atom. The average Bonchev–Trinajstić information content (AvgIpc) is 2.37. The minimum absolute atomic E-state index is 0.0371. The molecule has 0 saturated heterocycles. The monoisotopic (exact) mass is 243 g/mol. The lowest BCUT2D eigenvalue weighted by Crippen LogP contribution is -2.11. The lowest BCUT2D eigenvalue weighted by atomic mass is 10.2. The molecule has 0 radical (unpaired) electrons. The molecule has 1 aromatic heterocycles. The third-order valence-corrected chi connectivity index (χ3v) is 3.98. The Kier molecular flexibility index (Phi) is 2.64. The summed E-state index contributed by atoms with van der Waals surface area (Å²) in [6.07, 6.45) is 1.13. The number of hydrogen-bond donors (Lipinski definition) is 1. The Bertz CT molecular complexity index is 537. The zero-order valence-corrected chi connectivity index (χ0v) is 9.03. The molecule has 7 heteroatoms. The van der Waals surface area contributed by atoms with Crippen molar-refractivity contribution in [3.8, 4) is 0 Å². The third-order valence-electron chi connectivity index (χ3n) is 2.25. The van der Waals surface area contributed by atoms with Gasteiger partial charge in [0.15, 0.2) is 9.84 Å². The number of aromatic carboxylic acids is 1. The molecule has 0 spiro atoms. The summed E-state index contributed by atoms with van der Waals surface area (Å²) in [5.74, 6) is -1.35. The van der Waals surface area contributed by atoms with Gasteiger partial charge in [0.2, 0.25) is 0 Å². The summed E-state index contributed by atoms with van der Waals surface area (Å²) in [4.78, 5) is 14.5. The summed E-state index contributed by atoms with van der Waals surface area (Å²) in [5, 5.41) is 8.76. The second-order valence-electron chi connectivity index (χ2n) is 3.35. The summed E-state index contributed by atoms with van der Waals surface area (Å²) in [6, 6.07) is 1.13. The van der Waals surface area contributed by atoms with E-state index < -0.39 is 15.8 Å². The highest BCUT2D eigenvalue weighted by Gasteiger charge is 2.24. The van der Waals surface area contributed by atoms with Crippen LogP contribution in [0, 0.1) is 0 Å². The van der Waals surface area contributed by atoms with Crippen molar-refractivity contribution in [3.63, 3.8) is 0 Å².